The first-order valence-electron chi connectivity index (χ1n) is 4.16. The Kier molecular flexibility index (Phi) is 3.80. The van der Waals surface area contributed by atoms with Gasteiger partial charge in [-0.2, -0.15) is 5.26 Å². The summed E-state index contributed by atoms with van der Waals surface area (Å²) in [6, 6.07) is 2.96. The number of anilines is 1. The van der Waals surface area contributed by atoms with Crippen molar-refractivity contribution < 1.29 is 4.92 Å². The maximum atomic E-state index is 10.4. The molecular weight excluding hydrogens is 232 g/mol. The van der Waals surface area contributed by atoms with E-state index in [1.807, 2.05) is 6.07 Å². The Morgan fingerprint density at radius 1 is 1.81 bits per heavy atom. The highest BCUT2D eigenvalue weighted by Gasteiger charge is 2.11. The molecule has 0 aliphatic rings. The summed E-state index contributed by atoms with van der Waals surface area (Å²) in [6.45, 7) is 3.69. The van der Waals surface area contributed by atoms with Gasteiger partial charge in [-0.05, 0) is 0 Å². The Labute approximate surface area is 96.3 Å². The van der Waals surface area contributed by atoms with Gasteiger partial charge in [0.05, 0.1) is 11.5 Å². The number of hydrogen-bond donors (Lipinski definition) is 1. The number of nitrogens with zero attached hydrogens (tertiary/aromatic N) is 3. The molecule has 1 heterocycles. The first kappa shape index (κ1) is 11.9. The van der Waals surface area contributed by atoms with Gasteiger partial charge in [0.25, 0.3) is 5.69 Å². The van der Waals surface area contributed by atoms with E-state index in [1.165, 1.54) is 0 Å². The topological polar surface area (TPSA) is 91.8 Å². The standard InChI is InChI=1S/C9H7ClN4O2/c1-6(10)4-12-9-7(3-11)2-8(5-13-9)14(15)16/h2,5H,1,4H2,(H,12,13). The Balaban J connectivity index is 2.99. The molecule has 82 valence electrons. The lowest BCUT2D eigenvalue weighted by atomic mass is 10.2. The maximum absolute atomic E-state index is 10.4. The van der Waals surface area contributed by atoms with Crippen molar-refractivity contribution in [3.8, 4) is 6.07 Å². The van der Waals surface area contributed by atoms with E-state index in [4.69, 9.17) is 16.9 Å². The monoisotopic (exact) mass is 238 g/mol. The smallest absolute Gasteiger partial charge is 0.289 e. The fourth-order valence-electron chi connectivity index (χ4n) is 0.959. The van der Waals surface area contributed by atoms with E-state index >= 15 is 0 Å². The maximum Gasteiger partial charge on any atom is 0.289 e. The van der Waals surface area contributed by atoms with Gasteiger partial charge in [-0.1, -0.05) is 18.2 Å². The molecule has 6 nitrogen and oxygen atoms in total. The highest BCUT2D eigenvalue weighted by atomic mass is 35.5. The summed E-state index contributed by atoms with van der Waals surface area (Å²) in [5.74, 6) is 0.245. The van der Waals surface area contributed by atoms with Gasteiger partial charge in [-0.15, -0.1) is 0 Å². The van der Waals surface area contributed by atoms with Crippen molar-refractivity contribution >= 4 is 23.1 Å². The van der Waals surface area contributed by atoms with Crippen LogP contribution in [0.2, 0.25) is 0 Å². The van der Waals surface area contributed by atoms with Gasteiger partial charge in [0, 0.05) is 11.1 Å². The summed E-state index contributed by atoms with van der Waals surface area (Å²) < 4.78 is 0. The number of nitrogens with one attached hydrogen (secondary N) is 1. The molecule has 16 heavy (non-hydrogen) atoms. The Morgan fingerprint density at radius 3 is 3.00 bits per heavy atom. The van der Waals surface area contributed by atoms with Gasteiger partial charge in [0.2, 0.25) is 0 Å². The summed E-state index contributed by atoms with van der Waals surface area (Å²) in [5, 5.41) is 22.3. The number of rotatable bonds is 4. The average molecular weight is 239 g/mol. The van der Waals surface area contributed by atoms with E-state index in [2.05, 4.69) is 16.9 Å². The first-order valence-corrected chi connectivity index (χ1v) is 4.54. The van der Waals surface area contributed by atoms with Gasteiger partial charge in [-0.25, -0.2) is 4.98 Å². The van der Waals surface area contributed by atoms with Crippen LogP contribution in [-0.4, -0.2) is 16.5 Å². The van der Waals surface area contributed by atoms with Gasteiger partial charge in [-0.3, -0.25) is 10.1 Å². The molecule has 0 aliphatic carbocycles. The van der Waals surface area contributed by atoms with Crippen LogP contribution in [0.5, 0.6) is 0 Å². The van der Waals surface area contributed by atoms with Gasteiger partial charge < -0.3 is 5.32 Å². The third-order valence-electron chi connectivity index (χ3n) is 1.65. The fraction of sp³-hybridized carbons (Fsp3) is 0.111. The Morgan fingerprint density at radius 2 is 2.50 bits per heavy atom. The van der Waals surface area contributed by atoms with Crippen molar-refractivity contribution in [2.24, 2.45) is 0 Å². The predicted octanol–water partition coefficient (Wildman–Crippen LogP) is 2.03. The number of pyridine rings is 1. The van der Waals surface area contributed by atoms with Crippen molar-refractivity contribution in [2.75, 3.05) is 11.9 Å². The molecule has 1 aromatic heterocycles. The molecule has 0 atom stereocenters. The lowest BCUT2D eigenvalue weighted by molar-refractivity contribution is -0.385. The number of nitriles is 1. The SMILES string of the molecule is C=C(Cl)CNc1ncc([N+](=O)[O-])cc1C#N. The zero-order valence-corrected chi connectivity index (χ0v) is 8.86. The first-order chi connectivity index (χ1) is 7.54. The van der Waals surface area contributed by atoms with Crippen LogP contribution >= 0.6 is 11.6 Å². The van der Waals surface area contributed by atoms with Gasteiger partial charge in [0.15, 0.2) is 0 Å². The normalized spacial score (nSPS) is 9.25. The third-order valence-corrected chi connectivity index (χ3v) is 1.79. The molecule has 1 aromatic rings. The zero-order chi connectivity index (χ0) is 12.1. The molecule has 0 radical (unpaired) electrons. The molecule has 0 bridgehead atoms. The quantitative estimate of drug-likeness (QED) is 0.640. The molecule has 0 unspecified atom stereocenters. The summed E-state index contributed by atoms with van der Waals surface area (Å²) >= 11 is 5.53. The van der Waals surface area contributed by atoms with E-state index in [1.54, 1.807) is 0 Å². The zero-order valence-electron chi connectivity index (χ0n) is 8.11. The number of aromatic nitrogens is 1. The minimum Gasteiger partial charge on any atom is -0.364 e. The fourth-order valence-corrected chi connectivity index (χ4v) is 1.03. The Hall–Kier alpha value is -2.13. The lowest BCUT2D eigenvalue weighted by Gasteiger charge is -2.05. The lowest BCUT2D eigenvalue weighted by Crippen LogP contribution is -2.05. The highest BCUT2D eigenvalue weighted by Crippen LogP contribution is 2.18. The van der Waals surface area contributed by atoms with Crippen molar-refractivity contribution in [3.05, 3.63) is 39.6 Å². The third kappa shape index (κ3) is 2.93. The molecule has 0 aromatic carbocycles. The number of halogens is 1. The summed E-state index contributed by atoms with van der Waals surface area (Å²) in [4.78, 5) is 13.6. The van der Waals surface area contributed by atoms with Crippen LogP contribution in [0.15, 0.2) is 23.9 Å². The molecule has 0 spiro atoms. The largest absolute Gasteiger partial charge is 0.364 e. The van der Waals surface area contributed by atoms with Crippen LogP contribution in [0, 0.1) is 21.4 Å². The number of nitro groups is 1. The van der Waals surface area contributed by atoms with E-state index in [-0.39, 0.29) is 23.6 Å². The minimum absolute atomic E-state index is 0.0899. The van der Waals surface area contributed by atoms with Crippen molar-refractivity contribution in [2.45, 2.75) is 0 Å². The van der Waals surface area contributed by atoms with Crippen LogP contribution in [0.4, 0.5) is 11.5 Å². The van der Waals surface area contributed by atoms with Crippen LogP contribution in [0.1, 0.15) is 5.56 Å². The van der Waals surface area contributed by atoms with Crippen LogP contribution in [0.3, 0.4) is 0 Å². The van der Waals surface area contributed by atoms with Crippen LogP contribution in [0.25, 0.3) is 0 Å². The summed E-state index contributed by atoms with van der Waals surface area (Å²) in [7, 11) is 0. The van der Waals surface area contributed by atoms with Crippen molar-refractivity contribution in [1.82, 2.24) is 4.98 Å². The molecule has 0 fully saturated rings. The molecule has 0 saturated heterocycles. The van der Waals surface area contributed by atoms with Gasteiger partial charge >= 0.3 is 0 Å². The molecule has 0 amide bonds. The molecule has 7 heteroatoms. The summed E-state index contributed by atoms with van der Waals surface area (Å²) in [6.07, 6.45) is 1.07. The molecule has 1 rings (SSSR count). The van der Waals surface area contributed by atoms with Gasteiger partial charge in [0.1, 0.15) is 23.6 Å². The molecule has 1 N–H and O–H groups in total. The molecular formula is C9H7ClN4O2. The highest BCUT2D eigenvalue weighted by molar-refractivity contribution is 6.29. The second kappa shape index (κ2) is 5.09. The summed E-state index contributed by atoms with van der Waals surface area (Å²) in [5.41, 5.74) is -0.140. The Bertz CT molecular complexity index is 481. The minimum atomic E-state index is -0.613. The van der Waals surface area contributed by atoms with Crippen molar-refractivity contribution in [3.63, 3.8) is 0 Å². The van der Waals surface area contributed by atoms with E-state index in [0.717, 1.165) is 12.3 Å². The van der Waals surface area contributed by atoms with Crippen LogP contribution in [-0.2, 0) is 0 Å². The molecule has 0 aliphatic heterocycles. The van der Waals surface area contributed by atoms with E-state index in [0.29, 0.717) is 5.03 Å². The average Bonchev–Trinajstić information content (AvgIpc) is 2.25. The van der Waals surface area contributed by atoms with Crippen LogP contribution < -0.4 is 5.32 Å². The molecule has 0 saturated carbocycles. The van der Waals surface area contributed by atoms with Crippen molar-refractivity contribution in [1.29, 1.82) is 5.26 Å². The predicted molar refractivity (Wildman–Crippen MR) is 59.1 cm³/mol. The van der Waals surface area contributed by atoms with E-state index < -0.39 is 4.92 Å². The second-order valence-corrected chi connectivity index (χ2v) is 3.36. The number of hydrogen-bond acceptors (Lipinski definition) is 5. The van der Waals surface area contributed by atoms with E-state index in [9.17, 15) is 10.1 Å². The second-order valence-electron chi connectivity index (χ2n) is 2.83.